The minimum absolute atomic E-state index is 0.243. The van der Waals surface area contributed by atoms with Crippen molar-refractivity contribution in [1.82, 2.24) is 38.9 Å². The molecule has 0 bridgehead atoms. The molecule has 1 amide bonds. The van der Waals surface area contributed by atoms with Gasteiger partial charge in [0.25, 0.3) is 5.91 Å². The molecule has 0 aliphatic carbocycles. The average molecular weight is 441 g/mol. The number of rotatable bonds is 5. The Labute approximate surface area is 179 Å². The van der Waals surface area contributed by atoms with Crippen molar-refractivity contribution in [2.75, 3.05) is 0 Å². The summed E-state index contributed by atoms with van der Waals surface area (Å²) in [5.74, 6) is 0.267. The number of carbonyl (C=O) groups is 1. The molecule has 0 radical (unpaired) electrons. The summed E-state index contributed by atoms with van der Waals surface area (Å²) in [5, 5.41) is 8.10. The summed E-state index contributed by atoms with van der Waals surface area (Å²) in [6.45, 7) is 0.679. The fourth-order valence-electron chi connectivity index (χ4n) is 3.13. The third-order valence-electron chi connectivity index (χ3n) is 4.56. The zero-order chi connectivity index (χ0) is 20.7. The SMILES string of the molecule is O=C(NCc1ncn2ccc(Cl)cc12)c1cnn(Cc2cn3ccc(Cl)nc3n2)c1. The van der Waals surface area contributed by atoms with Gasteiger partial charge in [-0.15, -0.1) is 0 Å². The van der Waals surface area contributed by atoms with Crippen LogP contribution in [-0.2, 0) is 13.1 Å². The summed E-state index contributed by atoms with van der Waals surface area (Å²) < 4.78 is 5.27. The van der Waals surface area contributed by atoms with Crippen LogP contribution in [-0.4, -0.2) is 39.4 Å². The van der Waals surface area contributed by atoms with E-state index in [2.05, 4.69) is 25.4 Å². The number of halogens is 2. The van der Waals surface area contributed by atoms with Gasteiger partial charge in [0, 0.05) is 29.8 Å². The number of imidazole rings is 2. The van der Waals surface area contributed by atoms with Gasteiger partial charge in [-0.1, -0.05) is 23.2 Å². The number of pyridine rings is 1. The molecule has 0 saturated carbocycles. The van der Waals surface area contributed by atoms with E-state index in [0.717, 1.165) is 16.9 Å². The third kappa shape index (κ3) is 3.60. The summed E-state index contributed by atoms with van der Waals surface area (Å²) in [6, 6.07) is 5.28. The van der Waals surface area contributed by atoms with Gasteiger partial charge in [-0.25, -0.2) is 15.0 Å². The van der Waals surface area contributed by atoms with Crippen LogP contribution in [0.1, 0.15) is 21.7 Å². The smallest absolute Gasteiger partial charge is 0.254 e. The lowest BCUT2D eigenvalue weighted by Crippen LogP contribution is -2.22. The highest BCUT2D eigenvalue weighted by Crippen LogP contribution is 2.16. The summed E-state index contributed by atoms with van der Waals surface area (Å²) in [5.41, 5.74) is 2.77. The molecule has 0 atom stereocenters. The van der Waals surface area contributed by atoms with Crippen LogP contribution in [0.15, 0.2) is 55.5 Å². The lowest BCUT2D eigenvalue weighted by Gasteiger charge is -2.02. The van der Waals surface area contributed by atoms with Crippen molar-refractivity contribution in [2.24, 2.45) is 0 Å². The van der Waals surface area contributed by atoms with E-state index in [9.17, 15) is 4.79 Å². The predicted octanol–water partition coefficient (Wildman–Crippen LogP) is 2.86. The molecule has 30 heavy (non-hydrogen) atoms. The van der Waals surface area contributed by atoms with Crippen molar-refractivity contribution in [1.29, 1.82) is 0 Å². The topological polar surface area (TPSA) is 94.4 Å². The fourth-order valence-corrected chi connectivity index (χ4v) is 3.42. The van der Waals surface area contributed by atoms with E-state index >= 15 is 0 Å². The molecule has 5 aromatic rings. The Hall–Kier alpha value is -3.43. The number of carbonyl (C=O) groups excluding carboxylic acids is 1. The standard InChI is InChI=1S/C19H14Cl2N8O/c20-13-1-3-28-11-23-15(16(28)5-13)7-22-18(30)12-6-24-29(8-12)10-14-9-27-4-2-17(21)26-19(27)25-14/h1-6,8-9,11H,7,10H2,(H,22,30). The fraction of sp³-hybridized carbons (Fsp3) is 0.105. The molecule has 1 N–H and O–H groups in total. The lowest BCUT2D eigenvalue weighted by atomic mass is 10.3. The number of nitrogens with zero attached hydrogens (tertiary/aromatic N) is 7. The van der Waals surface area contributed by atoms with Crippen LogP contribution in [0, 0.1) is 0 Å². The van der Waals surface area contributed by atoms with Crippen molar-refractivity contribution >= 4 is 40.4 Å². The molecular weight excluding hydrogens is 427 g/mol. The van der Waals surface area contributed by atoms with E-state index in [1.165, 1.54) is 6.20 Å². The maximum absolute atomic E-state index is 12.5. The largest absolute Gasteiger partial charge is 0.346 e. The molecule has 0 unspecified atom stereocenters. The van der Waals surface area contributed by atoms with Crippen LogP contribution in [0.4, 0.5) is 0 Å². The van der Waals surface area contributed by atoms with Crippen LogP contribution in [0.25, 0.3) is 11.3 Å². The second-order valence-electron chi connectivity index (χ2n) is 6.63. The van der Waals surface area contributed by atoms with E-state index < -0.39 is 0 Å². The lowest BCUT2D eigenvalue weighted by molar-refractivity contribution is 0.0950. The monoisotopic (exact) mass is 440 g/mol. The highest BCUT2D eigenvalue weighted by molar-refractivity contribution is 6.30. The Morgan fingerprint density at radius 2 is 1.97 bits per heavy atom. The van der Waals surface area contributed by atoms with Crippen molar-refractivity contribution < 1.29 is 4.79 Å². The second kappa shape index (κ2) is 7.43. The van der Waals surface area contributed by atoms with E-state index in [4.69, 9.17) is 23.2 Å². The highest BCUT2D eigenvalue weighted by Gasteiger charge is 2.12. The van der Waals surface area contributed by atoms with Gasteiger partial charge in [0.1, 0.15) is 5.15 Å². The van der Waals surface area contributed by atoms with E-state index in [1.807, 2.05) is 22.9 Å². The van der Waals surface area contributed by atoms with Crippen molar-refractivity contribution in [3.63, 3.8) is 0 Å². The molecule has 5 aromatic heterocycles. The number of hydrogen-bond acceptors (Lipinski definition) is 5. The van der Waals surface area contributed by atoms with Gasteiger partial charge in [0.2, 0.25) is 5.78 Å². The van der Waals surface area contributed by atoms with Gasteiger partial charge in [0.05, 0.1) is 48.1 Å². The Kier molecular flexibility index (Phi) is 4.61. The third-order valence-corrected chi connectivity index (χ3v) is 5.00. The van der Waals surface area contributed by atoms with Gasteiger partial charge in [0.15, 0.2) is 0 Å². The summed E-state index contributed by atoms with van der Waals surface area (Å²) in [4.78, 5) is 25.4. The molecular formula is C19H14Cl2N8O. The zero-order valence-corrected chi connectivity index (χ0v) is 16.9. The van der Waals surface area contributed by atoms with Crippen LogP contribution in [0.5, 0.6) is 0 Å². The summed E-state index contributed by atoms with van der Waals surface area (Å²) in [7, 11) is 0. The van der Waals surface area contributed by atoms with E-state index in [1.54, 1.807) is 39.9 Å². The average Bonchev–Trinajstić information content (AvgIpc) is 3.44. The number of hydrogen-bond donors (Lipinski definition) is 1. The quantitative estimate of drug-likeness (QED) is 0.424. The van der Waals surface area contributed by atoms with Crippen LogP contribution in [0.2, 0.25) is 10.2 Å². The minimum Gasteiger partial charge on any atom is -0.346 e. The molecule has 0 aliphatic rings. The molecule has 5 heterocycles. The Morgan fingerprint density at radius 3 is 2.87 bits per heavy atom. The maximum atomic E-state index is 12.5. The molecule has 0 fully saturated rings. The Balaban J connectivity index is 1.27. The Bertz CT molecular complexity index is 1390. The first-order chi connectivity index (χ1) is 14.5. The summed E-state index contributed by atoms with van der Waals surface area (Å²) >= 11 is 11.9. The summed E-state index contributed by atoms with van der Waals surface area (Å²) in [6.07, 6.45) is 10.3. The van der Waals surface area contributed by atoms with Crippen molar-refractivity contribution in [2.45, 2.75) is 13.1 Å². The number of fused-ring (bicyclic) bond motifs is 2. The van der Waals surface area contributed by atoms with Gasteiger partial charge in [-0.05, 0) is 18.2 Å². The van der Waals surface area contributed by atoms with Crippen molar-refractivity contribution in [3.8, 4) is 0 Å². The van der Waals surface area contributed by atoms with Gasteiger partial charge in [-0.3, -0.25) is 13.9 Å². The number of nitrogens with one attached hydrogen (secondary N) is 1. The van der Waals surface area contributed by atoms with Crippen LogP contribution < -0.4 is 5.32 Å². The maximum Gasteiger partial charge on any atom is 0.254 e. The number of aromatic nitrogens is 7. The molecule has 0 saturated heterocycles. The van der Waals surface area contributed by atoms with Gasteiger partial charge >= 0.3 is 0 Å². The van der Waals surface area contributed by atoms with E-state index in [-0.39, 0.29) is 12.5 Å². The molecule has 150 valence electrons. The molecule has 9 nitrogen and oxygen atoms in total. The first kappa shape index (κ1) is 18.6. The molecule has 11 heteroatoms. The zero-order valence-electron chi connectivity index (χ0n) is 15.4. The van der Waals surface area contributed by atoms with Crippen LogP contribution in [0.3, 0.4) is 0 Å². The second-order valence-corrected chi connectivity index (χ2v) is 7.45. The first-order valence-corrected chi connectivity index (χ1v) is 9.72. The number of amides is 1. The molecule has 0 aliphatic heterocycles. The predicted molar refractivity (Wildman–Crippen MR) is 111 cm³/mol. The van der Waals surface area contributed by atoms with Crippen LogP contribution >= 0.6 is 23.2 Å². The molecule has 0 spiro atoms. The van der Waals surface area contributed by atoms with Crippen molar-refractivity contribution in [3.05, 3.63) is 82.6 Å². The Morgan fingerprint density at radius 1 is 1.10 bits per heavy atom. The minimum atomic E-state index is -0.243. The highest BCUT2D eigenvalue weighted by atomic mass is 35.5. The van der Waals surface area contributed by atoms with E-state index in [0.29, 0.717) is 28.1 Å². The first-order valence-electron chi connectivity index (χ1n) is 8.97. The van der Waals surface area contributed by atoms with Gasteiger partial charge < -0.3 is 9.72 Å². The molecule has 5 rings (SSSR count). The molecule has 0 aromatic carbocycles. The normalized spacial score (nSPS) is 11.4. The van der Waals surface area contributed by atoms with Gasteiger partial charge in [-0.2, -0.15) is 5.10 Å².